The van der Waals surface area contributed by atoms with Crippen molar-refractivity contribution in [3.05, 3.63) is 53.3 Å². The second-order valence-corrected chi connectivity index (χ2v) is 7.34. The van der Waals surface area contributed by atoms with Crippen LogP contribution in [0.1, 0.15) is 16.8 Å². The van der Waals surface area contributed by atoms with Crippen molar-refractivity contribution in [2.75, 3.05) is 13.7 Å². The number of hydrogen-bond donors (Lipinski definition) is 1. The number of fused-ring (bicyclic) bond motifs is 1. The zero-order chi connectivity index (χ0) is 20.9. The highest BCUT2D eigenvalue weighted by molar-refractivity contribution is 7.18. The fourth-order valence-electron chi connectivity index (χ4n) is 2.86. The molecule has 0 bridgehead atoms. The molecule has 0 saturated carbocycles. The highest BCUT2D eigenvalue weighted by Crippen LogP contribution is 2.32. The number of ether oxygens (including phenoxy) is 1. The van der Waals surface area contributed by atoms with E-state index in [1.54, 1.807) is 24.6 Å². The minimum absolute atomic E-state index is 0.0580. The van der Waals surface area contributed by atoms with E-state index < -0.39 is 0 Å². The number of nitriles is 1. The lowest BCUT2D eigenvalue weighted by molar-refractivity contribution is -0.120. The van der Waals surface area contributed by atoms with Gasteiger partial charge in [-0.2, -0.15) is 5.26 Å². The summed E-state index contributed by atoms with van der Waals surface area (Å²) < 4.78 is 11.7. The van der Waals surface area contributed by atoms with E-state index in [1.165, 1.54) is 0 Å². The van der Waals surface area contributed by atoms with E-state index in [9.17, 15) is 4.79 Å². The molecule has 0 unspecified atom stereocenters. The Balaban J connectivity index is 1.53. The molecule has 10 heteroatoms. The summed E-state index contributed by atoms with van der Waals surface area (Å²) in [5.41, 5.74) is 2.80. The summed E-state index contributed by atoms with van der Waals surface area (Å²) in [6, 6.07) is 11.6. The predicted molar refractivity (Wildman–Crippen MR) is 109 cm³/mol. The first-order valence-corrected chi connectivity index (χ1v) is 9.81. The Bertz CT molecular complexity index is 1230. The minimum atomic E-state index is -0.343. The van der Waals surface area contributed by atoms with E-state index in [0.29, 0.717) is 18.2 Å². The fraction of sp³-hybridized carbons (Fsp3) is 0.200. The van der Waals surface area contributed by atoms with Crippen LogP contribution in [-0.4, -0.2) is 39.7 Å². The normalized spacial score (nSPS) is 10.7. The molecule has 3 heterocycles. The molecule has 0 saturated heterocycles. The summed E-state index contributed by atoms with van der Waals surface area (Å²) in [7, 11) is 1.58. The highest BCUT2D eigenvalue weighted by Gasteiger charge is 2.15. The van der Waals surface area contributed by atoms with Crippen molar-refractivity contribution in [3.8, 4) is 23.1 Å². The van der Waals surface area contributed by atoms with Crippen LogP contribution in [0, 0.1) is 11.3 Å². The molecule has 0 aliphatic heterocycles. The zero-order valence-corrected chi connectivity index (χ0v) is 16.8. The van der Waals surface area contributed by atoms with Gasteiger partial charge in [0.1, 0.15) is 18.0 Å². The number of carbonyl (C=O) groups excluding carboxylic acids is 1. The average Bonchev–Trinajstić information content (AvgIpc) is 3.38. The SMILES string of the molecule is COc1ccc(-c2cccc3sc(Cc4nnc(CC(=O)NCC#N)o4)nc23)cn1. The lowest BCUT2D eigenvalue weighted by atomic mass is 10.1. The monoisotopic (exact) mass is 420 g/mol. The van der Waals surface area contributed by atoms with E-state index in [2.05, 4.69) is 20.5 Å². The van der Waals surface area contributed by atoms with Gasteiger partial charge in [0, 0.05) is 23.4 Å². The predicted octanol–water partition coefficient (Wildman–Crippen LogP) is 2.52. The lowest BCUT2D eigenvalue weighted by Crippen LogP contribution is -2.25. The Morgan fingerprint density at radius 2 is 2.13 bits per heavy atom. The number of aromatic nitrogens is 4. The number of pyridine rings is 1. The molecule has 0 aliphatic rings. The maximum Gasteiger partial charge on any atom is 0.230 e. The molecule has 1 aromatic carbocycles. The second kappa shape index (κ2) is 8.67. The molecule has 0 aliphatic carbocycles. The van der Waals surface area contributed by atoms with E-state index in [4.69, 9.17) is 19.4 Å². The average molecular weight is 420 g/mol. The first kappa shape index (κ1) is 19.5. The molecule has 0 fully saturated rings. The number of para-hydroxylation sites is 1. The van der Waals surface area contributed by atoms with Gasteiger partial charge in [-0.15, -0.1) is 21.5 Å². The summed E-state index contributed by atoms with van der Waals surface area (Å²) in [6.07, 6.45) is 2.06. The van der Waals surface area contributed by atoms with Crippen LogP contribution in [0.4, 0.5) is 0 Å². The Morgan fingerprint density at radius 1 is 1.27 bits per heavy atom. The molecule has 30 heavy (non-hydrogen) atoms. The lowest BCUT2D eigenvalue weighted by Gasteiger charge is -2.03. The summed E-state index contributed by atoms with van der Waals surface area (Å²) in [6.45, 7) is -0.0580. The third-order valence-corrected chi connectivity index (χ3v) is 5.23. The van der Waals surface area contributed by atoms with Crippen molar-refractivity contribution in [3.63, 3.8) is 0 Å². The van der Waals surface area contributed by atoms with Gasteiger partial charge in [-0.05, 0) is 12.1 Å². The summed E-state index contributed by atoms with van der Waals surface area (Å²) in [4.78, 5) is 20.7. The smallest absolute Gasteiger partial charge is 0.230 e. The number of hydrogen-bond acceptors (Lipinski definition) is 9. The van der Waals surface area contributed by atoms with E-state index in [0.717, 1.165) is 26.4 Å². The van der Waals surface area contributed by atoms with Gasteiger partial charge in [0.05, 0.1) is 29.8 Å². The van der Waals surface area contributed by atoms with Gasteiger partial charge >= 0.3 is 0 Å². The second-order valence-electron chi connectivity index (χ2n) is 6.23. The van der Waals surface area contributed by atoms with E-state index in [1.807, 2.05) is 36.4 Å². The standard InChI is InChI=1S/C20H16N6O3S/c1-28-16-6-5-12(11-23-16)13-3-2-4-14-20(13)24-19(30-14)10-18-26-25-17(29-18)9-15(27)22-8-7-21/h2-6,11H,8-10H2,1H3,(H,22,27). The van der Waals surface area contributed by atoms with Crippen LogP contribution in [0.3, 0.4) is 0 Å². The van der Waals surface area contributed by atoms with Crippen LogP contribution in [0.15, 0.2) is 40.9 Å². The first-order chi connectivity index (χ1) is 14.7. The van der Waals surface area contributed by atoms with Crippen molar-refractivity contribution in [1.82, 2.24) is 25.5 Å². The zero-order valence-electron chi connectivity index (χ0n) is 16.0. The Morgan fingerprint density at radius 3 is 2.90 bits per heavy atom. The topological polar surface area (TPSA) is 127 Å². The van der Waals surface area contributed by atoms with Crippen molar-refractivity contribution in [2.45, 2.75) is 12.8 Å². The van der Waals surface area contributed by atoms with Crippen LogP contribution < -0.4 is 10.1 Å². The Hall–Kier alpha value is -3.84. The molecule has 4 rings (SSSR count). The van der Waals surface area contributed by atoms with Gasteiger partial charge in [-0.3, -0.25) is 4.79 Å². The van der Waals surface area contributed by atoms with Crippen molar-refractivity contribution < 1.29 is 13.9 Å². The molecular formula is C20H16N6O3S. The molecule has 4 aromatic rings. The van der Waals surface area contributed by atoms with Gasteiger partial charge in [-0.1, -0.05) is 12.1 Å². The van der Waals surface area contributed by atoms with Crippen molar-refractivity contribution in [1.29, 1.82) is 5.26 Å². The fourth-order valence-corrected chi connectivity index (χ4v) is 3.85. The van der Waals surface area contributed by atoms with Crippen LogP contribution in [0.25, 0.3) is 21.3 Å². The molecule has 9 nitrogen and oxygen atoms in total. The number of methoxy groups -OCH3 is 1. The Kier molecular flexibility index (Phi) is 5.63. The van der Waals surface area contributed by atoms with Crippen LogP contribution >= 0.6 is 11.3 Å². The summed E-state index contributed by atoms with van der Waals surface area (Å²) in [5, 5.41) is 19.6. The van der Waals surface area contributed by atoms with Gasteiger partial charge in [0.15, 0.2) is 0 Å². The Labute approximate surface area is 175 Å². The number of amides is 1. The maximum atomic E-state index is 11.7. The van der Waals surface area contributed by atoms with Crippen molar-refractivity contribution >= 4 is 27.5 Å². The molecular weight excluding hydrogens is 404 g/mol. The molecule has 0 spiro atoms. The number of benzene rings is 1. The molecule has 0 atom stereocenters. The largest absolute Gasteiger partial charge is 0.481 e. The third kappa shape index (κ3) is 4.26. The molecule has 1 amide bonds. The first-order valence-electron chi connectivity index (χ1n) is 9.00. The minimum Gasteiger partial charge on any atom is -0.481 e. The summed E-state index contributed by atoms with van der Waals surface area (Å²) in [5.74, 6) is 0.791. The van der Waals surface area contributed by atoms with E-state index in [-0.39, 0.29) is 24.8 Å². The number of thiazole rings is 1. The molecule has 150 valence electrons. The van der Waals surface area contributed by atoms with Crippen LogP contribution in [-0.2, 0) is 17.6 Å². The summed E-state index contributed by atoms with van der Waals surface area (Å²) >= 11 is 1.54. The maximum absolute atomic E-state index is 11.7. The van der Waals surface area contributed by atoms with Gasteiger partial charge < -0.3 is 14.5 Å². The van der Waals surface area contributed by atoms with Gasteiger partial charge in [-0.25, -0.2) is 9.97 Å². The van der Waals surface area contributed by atoms with Gasteiger partial charge in [0.25, 0.3) is 0 Å². The number of carbonyl (C=O) groups is 1. The van der Waals surface area contributed by atoms with Gasteiger partial charge in [0.2, 0.25) is 23.6 Å². The number of nitrogens with one attached hydrogen (secondary N) is 1. The number of rotatable bonds is 7. The third-order valence-electron chi connectivity index (χ3n) is 4.21. The quantitative estimate of drug-likeness (QED) is 0.452. The molecule has 1 N–H and O–H groups in total. The van der Waals surface area contributed by atoms with E-state index >= 15 is 0 Å². The van der Waals surface area contributed by atoms with Crippen LogP contribution in [0.2, 0.25) is 0 Å². The van der Waals surface area contributed by atoms with Crippen molar-refractivity contribution in [2.24, 2.45) is 0 Å². The number of nitrogens with zero attached hydrogens (tertiary/aromatic N) is 5. The molecule has 0 radical (unpaired) electrons. The van der Waals surface area contributed by atoms with Crippen LogP contribution in [0.5, 0.6) is 5.88 Å². The highest BCUT2D eigenvalue weighted by atomic mass is 32.1. The molecule has 3 aromatic heterocycles.